The molecule has 3 aromatic rings. The summed E-state index contributed by atoms with van der Waals surface area (Å²) in [6.07, 6.45) is 3.55. The molecule has 138 valence electrons. The minimum absolute atomic E-state index is 0.117. The van der Waals surface area contributed by atoms with E-state index in [0.29, 0.717) is 6.07 Å². The number of benzene rings is 2. The quantitative estimate of drug-likeness (QED) is 0.589. The Morgan fingerprint density at radius 2 is 1.89 bits per heavy atom. The second kappa shape index (κ2) is 7.60. The second-order valence-corrected chi connectivity index (χ2v) is 7.64. The summed E-state index contributed by atoms with van der Waals surface area (Å²) in [7, 11) is 0. The highest BCUT2D eigenvalue weighted by molar-refractivity contribution is 7.99. The number of hydrogen-bond acceptors (Lipinski definition) is 4. The van der Waals surface area contributed by atoms with Gasteiger partial charge in [0.1, 0.15) is 17.3 Å². The van der Waals surface area contributed by atoms with Crippen molar-refractivity contribution in [2.45, 2.75) is 23.8 Å². The van der Waals surface area contributed by atoms with Gasteiger partial charge in [0, 0.05) is 28.3 Å². The molecule has 7 heteroatoms. The molecular weight excluding hydrogens is 371 g/mol. The summed E-state index contributed by atoms with van der Waals surface area (Å²) in [5.41, 5.74) is 1.60. The molecule has 1 N–H and O–H groups in total. The third-order valence-corrected chi connectivity index (χ3v) is 5.57. The summed E-state index contributed by atoms with van der Waals surface area (Å²) in [4.78, 5) is 8.00. The molecule has 0 aliphatic heterocycles. The number of hydrogen-bond donors (Lipinski definition) is 1. The Hall–Kier alpha value is -2.54. The van der Waals surface area contributed by atoms with E-state index in [-0.39, 0.29) is 17.2 Å². The molecule has 1 saturated carbocycles. The molecular formula is C20H16F3N3S. The van der Waals surface area contributed by atoms with Crippen LogP contribution in [0.15, 0.2) is 48.7 Å². The average molecular weight is 387 g/mol. The molecule has 2 aromatic carbocycles. The van der Waals surface area contributed by atoms with Gasteiger partial charge in [-0.2, -0.15) is 11.8 Å². The molecule has 0 spiro atoms. The number of rotatable bonds is 6. The first-order valence-corrected chi connectivity index (χ1v) is 9.59. The zero-order chi connectivity index (χ0) is 18.8. The fourth-order valence-electron chi connectivity index (χ4n) is 2.61. The summed E-state index contributed by atoms with van der Waals surface area (Å²) in [5.74, 6) is -1.32. The van der Waals surface area contributed by atoms with E-state index in [1.54, 1.807) is 0 Å². The summed E-state index contributed by atoms with van der Waals surface area (Å²) < 4.78 is 41.2. The Morgan fingerprint density at radius 1 is 1.04 bits per heavy atom. The average Bonchev–Trinajstić information content (AvgIpc) is 3.47. The van der Waals surface area contributed by atoms with Crippen LogP contribution in [0.2, 0.25) is 0 Å². The van der Waals surface area contributed by atoms with E-state index >= 15 is 0 Å². The minimum atomic E-state index is -0.877. The molecule has 0 unspecified atom stereocenters. The molecule has 1 aliphatic carbocycles. The number of anilines is 2. The normalized spacial score (nSPS) is 13.6. The second-order valence-electron chi connectivity index (χ2n) is 6.35. The van der Waals surface area contributed by atoms with E-state index in [1.165, 1.54) is 18.4 Å². The van der Waals surface area contributed by atoms with Gasteiger partial charge in [0.25, 0.3) is 0 Å². The van der Waals surface area contributed by atoms with Gasteiger partial charge >= 0.3 is 0 Å². The van der Waals surface area contributed by atoms with Crippen molar-refractivity contribution < 1.29 is 13.2 Å². The molecule has 4 rings (SSSR count). The van der Waals surface area contributed by atoms with Crippen molar-refractivity contribution in [3.05, 3.63) is 71.7 Å². The van der Waals surface area contributed by atoms with Crippen molar-refractivity contribution in [2.24, 2.45) is 0 Å². The van der Waals surface area contributed by atoms with Crippen molar-refractivity contribution >= 4 is 23.4 Å². The lowest BCUT2D eigenvalue weighted by atomic mass is 10.1. The molecule has 3 nitrogen and oxygen atoms in total. The standard InChI is InChI=1S/C20H16F3N3S/c21-13-4-7-16(17(22)9-13)19-18(23)10-24-20(26-19)25-14-3-1-2-12(8-14)11-27-15-5-6-15/h1-4,7-10,15H,5-6,11H2,(H,24,25,26). The van der Waals surface area contributed by atoms with E-state index in [0.717, 1.165) is 35.0 Å². The van der Waals surface area contributed by atoms with Crippen molar-refractivity contribution in [3.63, 3.8) is 0 Å². The lowest BCUT2D eigenvalue weighted by Gasteiger charge is -2.10. The molecule has 0 radical (unpaired) electrons. The molecule has 1 fully saturated rings. The van der Waals surface area contributed by atoms with Gasteiger partial charge in [-0.3, -0.25) is 0 Å². The van der Waals surface area contributed by atoms with E-state index < -0.39 is 17.5 Å². The van der Waals surface area contributed by atoms with Gasteiger partial charge in [0.05, 0.1) is 6.20 Å². The first-order valence-electron chi connectivity index (χ1n) is 8.54. The van der Waals surface area contributed by atoms with E-state index in [9.17, 15) is 13.2 Å². The van der Waals surface area contributed by atoms with Crippen LogP contribution in [0.4, 0.5) is 24.8 Å². The number of aromatic nitrogens is 2. The van der Waals surface area contributed by atoms with E-state index in [2.05, 4.69) is 15.3 Å². The van der Waals surface area contributed by atoms with Crippen molar-refractivity contribution in [2.75, 3.05) is 5.32 Å². The predicted molar refractivity (Wildman–Crippen MR) is 101 cm³/mol. The monoisotopic (exact) mass is 387 g/mol. The van der Waals surface area contributed by atoms with Crippen LogP contribution in [0, 0.1) is 17.5 Å². The van der Waals surface area contributed by atoms with Gasteiger partial charge in [-0.15, -0.1) is 0 Å². The smallest absolute Gasteiger partial charge is 0.227 e. The van der Waals surface area contributed by atoms with Gasteiger partial charge in [0.2, 0.25) is 5.95 Å². The molecule has 0 saturated heterocycles. The first kappa shape index (κ1) is 17.9. The Bertz CT molecular complexity index is 976. The van der Waals surface area contributed by atoms with Crippen LogP contribution in [-0.2, 0) is 5.75 Å². The number of halogens is 3. The highest BCUT2D eigenvalue weighted by atomic mass is 32.2. The third kappa shape index (κ3) is 4.42. The van der Waals surface area contributed by atoms with Crippen molar-refractivity contribution in [1.82, 2.24) is 9.97 Å². The maximum Gasteiger partial charge on any atom is 0.227 e. The molecule has 27 heavy (non-hydrogen) atoms. The lowest BCUT2D eigenvalue weighted by Crippen LogP contribution is -2.02. The summed E-state index contributed by atoms with van der Waals surface area (Å²) in [6.45, 7) is 0. The Kier molecular flexibility index (Phi) is 5.03. The Labute approximate surface area is 159 Å². The van der Waals surface area contributed by atoms with Crippen LogP contribution in [-0.4, -0.2) is 15.2 Å². The molecule has 1 aliphatic rings. The molecule has 0 amide bonds. The molecule has 1 heterocycles. The fourth-order valence-corrected chi connectivity index (χ4v) is 3.69. The maximum absolute atomic E-state index is 14.1. The molecule has 0 bridgehead atoms. The topological polar surface area (TPSA) is 37.8 Å². The number of thioether (sulfide) groups is 1. The maximum atomic E-state index is 14.1. The SMILES string of the molecule is Fc1ccc(-c2nc(Nc3cccc(CSC4CC4)c3)ncc2F)c(F)c1. The number of nitrogens with one attached hydrogen (secondary N) is 1. The Morgan fingerprint density at radius 3 is 2.67 bits per heavy atom. The Balaban J connectivity index is 1.56. The van der Waals surface area contributed by atoms with E-state index in [1.807, 2.05) is 36.0 Å². The summed E-state index contributed by atoms with van der Waals surface area (Å²) >= 11 is 1.93. The van der Waals surface area contributed by atoms with Gasteiger partial charge in [0.15, 0.2) is 5.82 Å². The van der Waals surface area contributed by atoms with Crippen LogP contribution < -0.4 is 5.32 Å². The van der Waals surface area contributed by atoms with Crippen LogP contribution in [0.25, 0.3) is 11.3 Å². The van der Waals surface area contributed by atoms with Crippen LogP contribution in [0.3, 0.4) is 0 Å². The van der Waals surface area contributed by atoms with Gasteiger partial charge in [-0.1, -0.05) is 12.1 Å². The van der Waals surface area contributed by atoms with E-state index in [4.69, 9.17) is 0 Å². The zero-order valence-corrected chi connectivity index (χ0v) is 15.1. The van der Waals surface area contributed by atoms with Crippen LogP contribution in [0.5, 0.6) is 0 Å². The molecule has 1 aromatic heterocycles. The van der Waals surface area contributed by atoms with Crippen LogP contribution in [0.1, 0.15) is 18.4 Å². The summed E-state index contributed by atoms with van der Waals surface area (Å²) in [5, 5.41) is 3.79. The van der Waals surface area contributed by atoms with Crippen LogP contribution >= 0.6 is 11.8 Å². The fraction of sp³-hybridized carbons (Fsp3) is 0.200. The predicted octanol–water partition coefficient (Wildman–Crippen LogP) is 5.70. The van der Waals surface area contributed by atoms with Gasteiger partial charge < -0.3 is 5.32 Å². The third-order valence-electron chi connectivity index (χ3n) is 4.12. The number of nitrogens with zero attached hydrogens (tertiary/aromatic N) is 2. The first-order chi connectivity index (χ1) is 13.1. The van der Waals surface area contributed by atoms with Gasteiger partial charge in [-0.25, -0.2) is 23.1 Å². The largest absolute Gasteiger partial charge is 0.324 e. The highest BCUT2D eigenvalue weighted by Gasteiger charge is 2.21. The minimum Gasteiger partial charge on any atom is -0.324 e. The van der Waals surface area contributed by atoms with Crippen molar-refractivity contribution in [3.8, 4) is 11.3 Å². The zero-order valence-electron chi connectivity index (χ0n) is 14.3. The highest BCUT2D eigenvalue weighted by Crippen LogP contribution is 2.36. The lowest BCUT2D eigenvalue weighted by molar-refractivity contribution is 0.580. The van der Waals surface area contributed by atoms with Gasteiger partial charge in [-0.05, 0) is 42.7 Å². The summed E-state index contributed by atoms with van der Waals surface area (Å²) in [6, 6.07) is 10.7. The molecule has 0 atom stereocenters. The van der Waals surface area contributed by atoms with Crippen molar-refractivity contribution in [1.29, 1.82) is 0 Å².